The smallest absolute Gasteiger partial charge is 0.302 e. The lowest BCUT2D eigenvalue weighted by Crippen LogP contribution is -2.35. The van der Waals surface area contributed by atoms with Gasteiger partial charge in [-0.15, -0.1) is 5.10 Å². The fraction of sp³-hybridized carbons (Fsp3) is 0.500. The third kappa shape index (κ3) is 2.01. The highest BCUT2D eigenvalue weighted by molar-refractivity contribution is 5.42. The number of nitrogens with zero attached hydrogens (tertiary/aromatic N) is 4. The molecular weight excluding hydrogens is 220 g/mol. The summed E-state index contributed by atoms with van der Waals surface area (Å²) >= 11 is 0. The van der Waals surface area contributed by atoms with E-state index in [1.165, 1.54) is 23.8 Å². The van der Waals surface area contributed by atoms with E-state index in [1.807, 2.05) is 6.07 Å². The fourth-order valence-corrected chi connectivity index (χ4v) is 2.03. The zero-order valence-corrected chi connectivity index (χ0v) is 9.39. The molecule has 2 aromatic rings. The first-order valence-corrected chi connectivity index (χ1v) is 5.79. The Hall–Kier alpha value is -1.89. The van der Waals surface area contributed by atoms with Crippen LogP contribution in [-0.2, 0) is 0 Å². The van der Waals surface area contributed by atoms with Crippen LogP contribution < -0.4 is 11.1 Å². The minimum Gasteiger partial charge on any atom is -0.302 e. The van der Waals surface area contributed by atoms with E-state index >= 15 is 0 Å². The normalized spacial score (nSPS) is 17.4. The number of hydrogen-bond donors (Lipinski definition) is 2. The van der Waals surface area contributed by atoms with Crippen LogP contribution in [0.1, 0.15) is 19.3 Å². The molecule has 0 spiro atoms. The second kappa shape index (κ2) is 4.17. The summed E-state index contributed by atoms with van der Waals surface area (Å²) in [5.41, 5.74) is 3.42. The van der Waals surface area contributed by atoms with Crippen LogP contribution in [0.2, 0.25) is 0 Å². The summed E-state index contributed by atoms with van der Waals surface area (Å²) in [4.78, 5) is 11.4. The monoisotopic (exact) mass is 234 g/mol. The molecule has 2 N–H and O–H groups in total. The lowest BCUT2D eigenvalue weighted by Gasteiger charge is -2.27. The van der Waals surface area contributed by atoms with E-state index in [9.17, 15) is 4.79 Å². The first-order valence-electron chi connectivity index (χ1n) is 5.79. The van der Waals surface area contributed by atoms with Crippen molar-refractivity contribution in [2.24, 2.45) is 0 Å². The molecule has 7 heteroatoms. The molecule has 1 aliphatic rings. The summed E-state index contributed by atoms with van der Waals surface area (Å²) in [6, 6.07) is 3.58. The highest BCUT2D eigenvalue weighted by Crippen LogP contribution is 2.10. The molecule has 0 saturated carbocycles. The van der Waals surface area contributed by atoms with Gasteiger partial charge in [-0.2, -0.15) is 9.61 Å². The van der Waals surface area contributed by atoms with Crippen molar-refractivity contribution < 1.29 is 0 Å². The van der Waals surface area contributed by atoms with Crippen molar-refractivity contribution in [2.45, 2.75) is 19.3 Å². The molecule has 17 heavy (non-hydrogen) atoms. The number of piperidine rings is 1. The molecule has 3 heterocycles. The SMILES string of the molecule is O=c1[nH]nc2ccc(NN3CCCCC3)nn12. The van der Waals surface area contributed by atoms with Crippen LogP contribution in [0, 0.1) is 0 Å². The van der Waals surface area contributed by atoms with Gasteiger partial charge in [-0.3, -0.25) is 0 Å². The molecule has 1 aliphatic heterocycles. The minimum atomic E-state index is -0.317. The zero-order valence-electron chi connectivity index (χ0n) is 9.39. The first kappa shape index (κ1) is 10.3. The maximum absolute atomic E-state index is 11.4. The molecule has 0 aromatic carbocycles. The van der Waals surface area contributed by atoms with Crippen molar-refractivity contribution in [2.75, 3.05) is 18.5 Å². The van der Waals surface area contributed by atoms with Crippen molar-refractivity contribution in [1.29, 1.82) is 0 Å². The number of hydrazine groups is 1. The molecule has 1 fully saturated rings. The van der Waals surface area contributed by atoms with Crippen LogP contribution in [0.25, 0.3) is 5.65 Å². The molecular formula is C10H14N6O. The number of H-pyrrole nitrogens is 1. The van der Waals surface area contributed by atoms with Gasteiger partial charge in [-0.05, 0) is 25.0 Å². The average molecular weight is 234 g/mol. The number of rotatable bonds is 2. The number of aromatic nitrogens is 4. The molecule has 1 saturated heterocycles. The van der Waals surface area contributed by atoms with E-state index in [0.717, 1.165) is 13.1 Å². The van der Waals surface area contributed by atoms with Crippen molar-refractivity contribution in [3.63, 3.8) is 0 Å². The number of hydrogen-bond acceptors (Lipinski definition) is 5. The first-order chi connectivity index (χ1) is 8.33. The molecule has 0 bridgehead atoms. The second-order valence-corrected chi connectivity index (χ2v) is 4.18. The van der Waals surface area contributed by atoms with Crippen molar-refractivity contribution in [3.8, 4) is 0 Å². The Labute approximate surface area is 97.4 Å². The standard InChI is InChI=1S/C10H14N6O/c17-10-12-11-9-5-4-8(14-16(9)10)13-15-6-2-1-3-7-15/h4-5H,1-3,6-7H2,(H,12,17)(H,13,14). The van der Waals surface area contributed by atoms with E-state index in [0.29, 0.717) is 11.5 Å². The Balaban J connectivity index is 1.84. The van der Waals surface area contributed by atoms with Gasteiger partial charge in [-0.1, -0.05) is 6.42 Å². The third-order valence-electron chi connectivity index (χ3n) is 2.90. The van der Waals surface area contributed by atoms with Gasteiger partial charge in [0.05, 0.1) is 0 Å². The van der Waals surface area contributed by atoms with Crippen LogP contribution >= 0.6 is 0 Å². The van der Waals surface area contributed by atoms with E-state index < -0.39 is 0 Å². The maximum Gasteiger partial charge on any atom is 0.364 e. The van der Waals surface area contributed by atoms with Gasteiger partial charge in [0.1, 0.15) is 0 Å². The molecule has 0 atom stereocenters. The van der Waals surface area contributed by atoms with Crippen LogP contribution in [0.5, 0.6) is 0 Å². The van der Waals surface area contributed by atoms with Crippen LogP contribution in [-0.4, -0.2) is 37.9 Å². The summed E-state index contributed by atoms with van der Waals surface area (Å²) in [6.45, 7) is 2.03. The molecule has 0 aliphatic carbocycles. The fourth-order valence-electron chi connectivity index (χ4n) is 2.03. The molecule has 0 amide bonds. The van der Waals surface area contributed by atoms with Crippen molar-refractivity contribution >= 4 is 11.5 Å². The maximum atomic E-state index is 11.4. The lowest BCUT2D eigenvalue weighted by molar-refractivity contribution is 0.272. The molecule has 7 nitrogen and oxygen atoms in total. The minimum absolute atomic E-state index is 0.317. The largest absolute Gasteiger partial charge is 0.364 e. The van der Waals surface area contributed by atoms with E-state index in [1.54, 1.807) is 6.07 Å². The summed E-state index contributed by atoms with van der Waals surface area (Å²) in [5.74, 6) is 0.669. The Kier molecular flexibility index (Phi) is 2.52. The van der Waals surface area contributed by atoms with E-state index in [4.69, 9.17) is 0 Å². The topological polar surface area (TPSA) is 78.3 Å². The third-order valence-corrected chi connectivity index (χ3v) is 2.90. The van der Waals surface area contributed by atoms with Crippen molar-refractivity contribution in [3.05, 3.63) is 22.6 Å². The van der Waals surface area contributed by atoms with Crippen LogP contribution in [0.15, 0.2) is 16.9 Å². The number of anilines is 1. The Morgan fingerprint density at radius 2 is 2.06 bits per heavy atom. The van der Waals surface area contributed by atoms with Gasteiger partial charge < -0.3 is 5.43 Å². The van der Waals surface area contributed by atoms with Crippen molar-refractivity contribution in [1.82, 2.24) is 24.8 Å². The molecule has 3 rings (SSSR count). The molecule has 0 radical (unpaired) electrons. The molecule has 2 aromatic heterocycles. The Bertz CT molecular complexity index is 567. The van der Waals surface area contributed by atoms with Gasteiger partial charge in [-0.25, -0.2) is 14.9 Å². The van der Waals surface area contributed by atoms with Gasteiger partial charge >= 0.3 is 5.69 Å². The highest BCUT2D eigenvalue weighted by Gasteiger charge is 2.11. The van der Waals surface area contributed by atoms with Gasteiger partial charge in [0.2, 0.25) is 0 Å². The highest BCUT2D eigenvalue weighted by atomic mass is 16.2. The zero-order chi connectivity index (χ0) is 11.7. The summed E-state index contributed by atoms with van der Waals surface area (Å²) in [5, 5.41) is 12.5. The van der Waals surface area contributed by atoms with E-state index in [-0.39, 0.29) is 5.69 Å². The Morgan fingerprint density at radius 1 is 1.24 bits per heavy atom. The quantitative estimate of drug-likeness (QED) is 0.777. The number of aromatic amines is 1. The molecule has 90 valence electrons. The summed E-state index contributed by atoms with van der Waals surface area (Å²) in [6.07, 6.45) is 3.67. The predicted octanol–water partition coefficient (Wildman–Crippen LogP) is 0.230. The molecule has 0 unspecified atom stereocenters. The number of nitrogens with one attached hydrogen (secondary N) is 2. The second-order valence-electron chi connectivity index (χ2n) is 4.18. The number of fused-ring (bicyclic) bond motifs is 1. The van der Waals surface area contributed by atoms with Crippen LogP contribution in [0.4, 0.5) is 5.82 Å². The predicted molar refractivity (Wildman–Crippen MR) is 62.7 cm³/mol. The van der Waals surface area contributed by atoms with Gasteiger partial charge in [0.25, 0.3) is 0 Å². The Morgan fingerprint density at radius 3 is 2.88 bits per heavy atom. The van der Waals surface area contributed by atoms with Crippen LogP contribution in [0.3, 0.4) is 0 Å². The summed E-state index contributed by atoms with van der Waals surface area (Å²) in [7, 11) is 0. The van der Waals surface area contributed by atoms with Gasteiger partial charge in [0.15, 0.2) is 11.5 Å². The lowest BCUT2D eigenvalue weighted by atomic mass is 10.2. The van der Waals surface area contributed by atoms with Gasteiger partial charge in [0, 0.05) is 13.1 Å². The van der Waals surface area contributed by atoms with E-state index in [2.05, 4.69) is 25.7 Å². The average Bonchev–Trinajstić information content (AvgIpc) is 2.73. The summed E-state index contributed by atoms with van der Waals surface area (Å²) < 4.78 is 1.26.